The summed E-state index contributed by atoms with van der Waals surface area (Å²) in [5.74, 6) is 2.78. The number of nitrogens with zero attached hydrogens (tertiary/aromatic N) is 4. The number of imidazole rings is 1. The minimum Gasteiger partial charge on any atom is -0.370 e. The zero-order valence-electron chi connectivity index (χ0n) is 11.1. The molecule has 0 aliphatic carbocycles. The van der Waals surface area contributed by atoms with Gasteiger partial charge >= 0.3 is 0 Å². The van der Waals surface area contributed by atoms with E-state index in [1.807, 2.05) is 30.1 Å². The van der Waals surface area contributed by atoms with E-state index in [1.54, 1.807) is 0 Å². The van der Waals surface area contributed by atoms with E-state index >= 15 is 0 Å². The molecule has 96 valence electrons. The second-order valence-corrected chi connectivity index (χ2v) is 4.18. The summed E-state index contributed by atoms with van der Waals surface area (Å²) in [5, 5.41) is 3.24. The van der Waals surface area contributed by atoms with Crippen molar-refractivity contribution in [1.29, 1.82) is 0 Å². The first-order valence-corrected chi connectivity index (χ1v) is 6.29. The Hall–Kier alpha value is -1.91. The van der Waals surface area contributed by atoms with Crippen molar-refractivity contribution in [2.24, 2.45) is 7.05 Å². The van der Waals surface area contributed by atoms with Crippen LogP contribution in [0.15, 0.2) is 18.5 Å². The highest BCUT2D eigenvalue weighted by atomic mass is 15.0. The Labute approximate surface area is 107 Å². The summed E-state index contributed by atoms with van der Waals surface area (Å²) in [6.45, 7) is 4.99. The molecule has 0 atom stereocenters. The molecule has 0 aliphatic heterocycles. The summed E-state index contributed by atoms with van der Waals surface area (Å²) in [5.41, 5.74) is 1.01. The van der Waals surface area contributed by atoms with Gasteiger partial charge in [0.2, 0.25) is 0 Å². The molecule has 0 saturated carbocycles. The average Bonchev–Trinajstić information content (AvgIpc) is 2.75. The molecule has 0 spiro atoms. The Balaban J connectivity index is 2.26. The number of hydrogen-bond acceptors (Lipinski definition) is 4. The standard InChI is InChI=1S/C13H19N5/c1-4-11-16-10(8-12(17-11)14-5-2)9-13-15-6-7-18(13)3/h6-8H,4-5,9H2,1-3H3,(H,14,16,17). The molecule has 2 heterocycles. The average molecular weight is 245 g/mol. The SMILES string of the molecule is CCNc1cc(Cc2nccn2C)nc(CC)n1. The fraction of sp³-hybridized carbons (Fsp3) is 0.462. The highest BCUT2D eigenvalue weighted by molar-refractivity contribution is 5.36. The van der Waals surface area contributed by atoms with E-state index in [4.69, 9.17) is 0 Å². The minimum atomic E-state index is 0.734. The van der Waals surface area contributed by atoms with Crippen molar-refractivity contribution in [1.82, 2.24) is 19.5 Å². The van der Waals surface area contributed by atoms with Crippen LogP contribution in [0.5, 0.6) is 0 Å². The van der Waals surface area contributed by atoms with Crippen molar-refractivity contribution in [3.05, 3.63) is 35.8 Å². The third kappa shape index (κ3) is 2.85. The first-order chi connectivity index (χ1) is 8.72. The van der Waals surface area contributed by atoms with Crippen LogP contribution in [0.2, 0.25) is 0 Å². The molecule has 0 unspecified atom stereocenters. The maximum absolute atomic E-state index is 4.55. The van der Waals surface area contributed by atoms with Crippen LogP contribution in [0.25, 0.3) is 0 Å². The predicted molar refractivity (Wildman–Crippen MR) is 71.6 cm³/mol. The van der Waals surface area contributed by atoms with Crippen LogP contribution in [-0.4, -0.2) is 26.1 Å². The summed E-state index contributed by atoms with van der Waals surface area (Å²) in [6.07, 6.45) is 5.33. The number of hydrogen-bond donors (Lipinski definition) is 1. The summed E-state index contributed by atoms with van der Waals surface area (Å²) < 4.78 is 2.01. The van der Waals surface area contributed by atoms with Gasteiger partial charge in [-0.2, -0.15) is 0 Å². The van der Waals surface area contributed by atoms with Crippen molar-refractivity contribution < 1.29 is 0 Å². The summed E-state index contributed by atoms with van der Waals surface area (Å²) in [4.78, 5) is 13.3. The zero-order chi connectivity index (χ0) is 13.0. The van der Waals surface area contributed by atoms with Gasteiger partial charge in [-0.25, -0.2) is 15.0 Å². The molecule has 0 aromatic carbocycles. The number of rotatable bonds is 5. The van der Waals surface area contributed by atoms with Gasteiger partial charge < -0.3 is 9.88 Å². The molecule has 0 fully saturated rings. The molecule has 18 heavy (non-hydrogen) atoms. The molecule has 0 bridgehead atoms. The second-order valence-electron chi connectivity index (χ2n) is 4.18. The first kappa shape index (κ1) is 12.5. The lowest BCUT2D eigenvalue weighted by Crippen LogP contribution is -2.07. The normalized spacial score (nSPS) is 10.6. The van der Waals surface area contributed by atoms with E-state index in [1.165, 1.54) is 0 Å². The largest absolute Gasteiger partial charge is 0.370 e. The van der Waals surface area contributed by atoms with Gasteiger partial charge in [-0.05, 0) is 6.92 Å². The van der Waals surface area contributed by atoms with Crippen LogP contribution < -0.4 is 5.32 Å². The maximum Gasteiger partial charge on any atom is 0.130 e. The van der Waals surface area contributed by atoms with E-state index in [0.29, 0.717) is 0 Å². The van der Waals surface area contributed by atoms with Gasteiger partial charge in [0.15, 0.2) is 0 Å². The van der Waals surface area contributed by atoms with Gasteiger partial charge in [-0.15, -0.1) is 0 Å². The monoisotopic (exact) mass is 245 g/mol. The number of aromatic nitrogens is 4. The fourth-order valence-corrected chi connectivity index (χ4v) is 1.80. The van der Waals surface area contributed by atoms with Crippen LogP contribution in [0, 0.1) is 0 Å². The molecule has 5 nitrogen and oxygen atoms in total. The van der Waals surface area contributed by atoms with Crippen LogP contribution in [0.3, 0.4) is 0 Å². The number of anilines is 1. The molecular weight excluding hydrogens is 226 g/mol. The second kappa shape index (κ2) is 5.62. The lowest BCUT2D eigenvalue weighted by molar-refractivity contribution is 0.799. The van der Waals surface area contributed by atoms with Gasteiger partial charge in [0.25, 0.3) is 0 Å². The first-order valence-electron chi connectivity index (χ1n) is 6.29. The third-order valence-electron chi connectivity index (χ3n) is 2.76. The third-order valence-corrected chi connectivity index (χ3v) is 2.76. The minimum absolute atomic E-state index is 0.734. The van der Waals surface area contributed by atoms with Crippen LogP contribution in [0.1, 0.15) is 31.2 Å². The van der Waals surface area contributed by atoms with Crippen molar-refractivity contribution >= 4 is 5.82 Å². The van der Waals surface area contributed by atoms with E-state index in [9.17, 15) is 0 Å². The van der Waals surface area contributed by atoms with Crippen LogP contribution in [-0.2, 0) is 19.9 Å². The Kier molecular flexibility index (Phi) is 3.92. The smallest absolute Gasteiger partial charge is 0.130 e. The highest BCUT2D eigenvalue weighted by Crippen LogP contribution is 2.11. The van der Waals surface area contributed by atoms with Gasteiger partial charge in [0.05, 0.1) is 5.69 Å². The number of aryl methyl sites for hydroxylation is 2. The van der Waals surface area contributed by atoms with E-state index in [0.717, 1.165) is 42.5 Å². The zero-order valence-corrected chi connectivity index (χ0v) is 11.1. The van der Waals surface area contributed by atoms with Crippen molar-refractivity contribution in [2.75, 3.05) is 11.9 Å². The molecule has 0 aliphatic rings. The molecule has 0 amide bonds. The summed E-state index contributed by atoms with van der Waals surface area (Å²) in [7, 11) is 2.00. The van der Waals surface area contributed by atoms with Gasteiger partial charge in [0, 0.05) is 44.9 Å². The Bertz CT molecular complexity index is 518. The molecule has 1 N–H and O–H groups in total. The van der Waals surface area contributed by atoms with Gasteiger partial charge in [-0.1, -0.05) is 6.92 Å². The molecule has 2 aromatic heterocycles. The molecule has 0 radical (unpaired) electrons. The fourth-order valence-electron chi connectivity index (χ4n) is 1.80. The maximum atomic E-state index is 4.55. The van der Waals surface area contributed by atoms with Gasteiger partial charge in [0.1, 0.15) is 17.5 Å². The topological polar surface area (TPSA) is 55.6 Å². The Morgan fingerprint density at radius 1 is 1.28 bits per heavy atom. The van der Waals surface area contributed by atoms with Gasteiger partial charge in [-0.3, -0.25) is 0 Å². The van der Waals surface area contributed by atoms with E-state index in [2.05, 4.69) is 34.1 Å². The number of nitrogens with one attached hydrogen (secondary N) is 1. The van der Waals surface area contributed by atoms with E-state index in [-0.39, 0.29) is 0 Å². The highest BCUT2D eigenvalue weighted by Gasteiger charge is 2.06. The predicted octanol–water partition coefficient (Wildman–Crippen LogP) is 1.80. The van der Waals surface area contributed by atoms with E-state index < -0.39 is 0 Å². The van der Waals surface area contributed by atoms with Crippen molar-refractivity contribution in [3.8, 4) is 0 Å². The summed E-state index contributed by atoms with van der Waals surface area (Å²) in [6, 6.07) is 2.00. The lowest BCUT2D eigenvalue weighted by Gasteiger charge is -2.08. The Morgan fingerprint density at radius 2 is 2.11 bits per heavy atom. The molecule has 2 aromatic rings. The molecule has 2 rings (SSSR count). The lowest BCUT2D eigenvalue weighted by atomic mass is 10.2. The van der Waals surface area contributed by atoms with Crippen molar-refractivity contribution in [2.45, 2.75) is 26.7 Å². The van der Waals surface area contributed by atoms with Crippen LogP contribution >= 0.6 is 0 Å². The van der Waals surface area contributed by atoms with Crippen LogP contribution in [0.4, 0.5) is 5.82 Å². The molecular formula is C13H19N5. The molecule has 0 saturated heterocycles. The summed E-state index contributed by atoms with van der Waals surface area (Å²) >= 11 is 0. The Morgan fingerprint density at radius 3 is 2.72 bits per heavy atom. The molecule has 5 heteroatoms. The van der Waals surface area contributed by atoms with Crippen molar-refractivity contribution in [3.63, 3.8) is 0 Å². The quantitative estimate of drug-likeness (QED) is 0.872.